The van der Waals surface area contributed by atoms with Gasteiger partial charge < -0.3 is 117 Å². The highest BCUT2D eigenvalue weighted by Gasteiger charge is 2.58. The molecule has 614 valence electrons. The minimum Gasteiger partial charge on any atom is -0.395 e. The Morgan fingerprint density at radius 2 is 0.640 bits per heavy atom. The van der Waals surface area contributed by atoms with E-state index in [4.69, 9.17) is 60.9 Å². The van der Waals surface area contributed by atoms with Crippen LogP contribution in [0.2, 0.25) is 0 Å². The Balaban J connectivity index is 1.04. The summed E-state index contributed by atoms with van der Waals surface area (Å²) in [4.78, 5) is 31.2. The number of benzene rings is 8. The SMILES string of the molecule is NC(CO)[C@H](O)[C@H](O[C@@H]1OC(CO)[C@@H](O[C@@H]2OC(CO)[C@@H](O)[C@@H](O)C2NC(=O)CC(P(=O)(OCc2ccccc2)OCc2ccccc2)P(=O)(OCc2ccccc2)OCc2ccccc2)[C@@H](O)C1NC(=O)CC(P(=O)(OCc1ccccc1)OCc1ccccc1)P(=O)(OCc1ccccc1)OCc1ccccc1)C(O)CO. The standard InChI is InChI=1S/C80H97N3O27P4/c81-63(43-84)73(91)77(64(88)44-85)109-80-72(83-68(90)42-70(113(97,103-51-59-33-17-5-18-34-59)104-52-60-35-19-6-20-36-60)114(98,105-53-61-37-21-7-22-38-61)106-54-62-39-23-8-24-40-62)76(94)78(66(46-87)108-80)110-79-71(75(93)74(92)65(45-86)107-79)82-67(89)41-69(111(95,99-47-55-25-9-1-10-26-55)100-48-56-27-11-2-12-28-56)112(96,101-49-57-29-13-3-14-30-57)102-50-58-31-15-4-16-32-58/h1-40,63-66,69-80,84-88,91-94H,41-54,81H2,(H,82,89)(H,83,90)/t63?,64?,65?,66?,71?,72?,73-,74+,75-,76-,77+,78+,79-,80-/m0/s1. The van der Waals surface area contributed by atoms with Gasteiger partial charge in [-0.05, 0) is 44.5 Å². The number of rotatable bonds is 45. The maximum atomic E-state index is 16.4. The largest absolute Gasteiger partial charge is 0.395 e. The molecule has 2 amide bonds. The Morgan fingerprint density at radius 1 is 0.377 bits per heavy atom. The number of ether oxygens (including phenoxy) is 4. The second-order valence-electron chi connectivity index (χ2n) is 27.0. The Bertz CT molecular complexity index is 3990. The van der Waals surface area contributed by atoms with Crippen molar-refractivity contribution in [2.45, 2.75) is 162 Å². The fraction of sp³-hybridized carbons (Fsp3) is 0.375. The fourth-order valence-corrected chi connectivity index (χ4v) is 22.6. The van der Waals surface area contributed by atoms with Crippen molar-refractivity contribution >= 4 is 42.2 Å². The van der Waals surface area contributed by atoms with Crippen LogP contribution in [0.3, 0.4) is 0 Å². The maximum Gasteiger partial charge on any atom is 0.347 e. The Labute approximate surface area is 660 Å². The number of carbonyl (C=O) groups is 2. The van der Waals surface area contributed by atoms with E-state index in [0.717, 1.165) is 0 Å². The van der Waals surface area contributed by atoms with Crippen molar-refractivity contribution in [3.05, 3.63) is 287 Å². The molecular formula is C80H97N3O27P4. The lowest BCUT2D eigenvalue weighted by molar-refractivity contribution is -0.341. The van der Waals surface area contributed by atoms with E-state index in [1.54, 1.807) is 243 Å². The van der Waals surface area contributed by atoms with Gasteiger partial charge in [0.15, 0.2) is 23.4 Å². The highest BCUT2D eigenvalue weighted by atomic mass is 31.2. The molecule has 0 bridgehead atoms. The summed E-state index contributed by atoms with van der Waals surface area (Å²) in [7, 11) is -20.6. The average molecular weight is 1660 g/mol. The van der Waals surface area contributed by atoms with Gasteiger partial charge in [-0.25, -0.2) is 0 Å². The van der Waals surface area contributed by atoms with Crippen molar-refractivity contribution in [2.24, 2.45) is 5.73 Å². The van der Waals surface area contributed by atoms with E-state index in [-0.39, 0.29) is 0 Å². The van der Waals surface area contributed by atoms with Gasteiger partial charge in [-0.15, -0.1) is 0 Å². The Kier molecular flexibility index (Phi) is 34.2. The van der Waals surface area contributed by atoms with Gasteiger partial charge in [-0.2, -0.15) is 0 Å². The fourth-order valence-electron chi connectivity index (χ4n) is 12.4. The zero-order valence-electron chi connectivity index (χ0n) is 62.0. The van der Waals surface area contributed by atoms with E-state index in [1.165, 1.54) is 0 Å². The van der Waals surface area contributed by atoms with Crippen molar-refractivity contribution in [2.75, 3.05) is 26.4 Å². The molecule has 13 N–H and O–H groups in total. The molecular weight excluding hydrogens is 1560 g/mol. The average Bonchev–Trinajstić information content (AvgIpc) is 0.773. The molecule has 0 aromatic heterocycles. The van der Waals surface area contributed by atoms with Crippen LogP contribution in [0, 0.1) is 0 Å². The molecule has 2 aliphatic rings. The number of hydrogen-bond donors (Lipinski definition) is 12. The number of aliphatic hydroxyl groups excluding tert-OH is 9. The summed E-state index contributed by atoms with van der Waals surface area (Å²) in [5, 5.41) is 103. The lowest BCUT2D eigenvalue weighted by atomic mass is 9.94. The van der Waals surface area contributed by atoms with Gasteiger partial charge in [0.05, 0.1) is 98.2 Å². The van der Waals surface area contributed by atoms with E-state index in [1.807, 2.05) is 0 Å². The van der Waals surface area contributed by atoms with Crippen molar-refractivity contribution in [1.29, 1.82) is 0 Å². The summed E-state index contributed by atoms with van der Waals surface area (Å²) >= 11 is 0. The van der Waals surface area contributed by atoms with Crippen LogP contribution in [0.25, 0.3) is 0 Å². The number of aliphatic hydroxyl groups is 9. The number of carbonyl (C=O) groups excluding carboxylic acids is 2. The number of nitrogens with two attached hydrogens (primary N) is 1. The predicted molar refractivity (Wildman–Crippen MR) is 414 cm³/mol. The summed E-state index contributed by atoms with van der Waals surface area (Å²) in [6, 6.07) is 61.2. The summed E-state index contributed by atoms with van der Waals surface area (Å²) in [6.07, 6.45) is -25.7. The van der Waals surface area contributed by atoms with E-state index >= 15 is 27.8 Å². The number of nitrogens with one attached hydrogen (secondary N) is 2. The number of hydrogen-bond acceptors (Lipinski definition) is 28. The third-order valence-corrected chi connectivity index (χ3v) is 29.7. The maximum absolute atomic E-state index is 16.4. The van der Waals surface area contributed by atoms with Crippen molar-refractivity contribution in [3.63, 3.8) is 0 Å². The quantitative estimate of drug-likeness (QED) is 0.0160. The highest BCUT2D eigenvalue weighted by Crippen LogP contribution is 2.74. The molecule has 10 rings (SSSR count). The van der Waals surface area contributed by atoms with E-state index in [2.05, 4.69) is 10.6 Å². The molecule has 2 aliphatic heterocycles. The third kappa shape index (κ3) is 24.9. The third-order valence-electron chi connectivity index (χ3n) is 18.8. The van der Waals surface area contributed by atoms with Crippen molar-refractivity contribution in [1.82, 2.24) is 10.6 Å². The van der Waals surface area contributed by atoms with Gasteiger partial charge in [0, 0.05) is 0 Å². The topological polar surface area (TPSA) is 445 Å². The van der Waals surface area contributed by atoms with Crippen LogP contribution in [0.15, 0.2) is 243 Å². The van der Waals surface area contributed by atoms with E-state index < -0.39 is 231 Å². The Morgan fingerprint density at radius 3 is 0.895 bits per heavy atom. The zero-order chi connectivity index (χ0) is 81.1. The van der Waals surface area contributed by atoms with Crippen LogP contribution in [-0.4, -0.2) is 181 Å². The molecule has 114 heavy (non-hydrogen) atoms. The van der Waals surface area contributed by atoms with Crippen LogP contribution in [0.5, 0.6) is 0 Å². The Hall–Kier alpha value is -7.26. The van der Waals surface area contributed by atoms with E-state index in [9.17, 15) is 46.0 Å². The minimum atomic E-state index is -5.18. The molecule has 8 aromatic rings. The van der Waals surface area contributed by atoms with Crippen LogP contribution in [-0.2, 0) is 136 Å². The molecule has 6 unspecified atom stereocenters. The van der Waals surface area contributed by atoms with Crippen LogP contribution < -0.4 is 16.4 Å². The first-order valence-corrected chi connectivity index (χ1v) is 43.2. The molecule has 2 saturated heterocycles. The summed E-state index contributed by atoms with van der Waals surface area (Å²) < 4.78 is 141. The molecule has 14 atom stereocenters. The normalized spacial score (nSPS) is 21.4. The minimum absolute atomic E-state index is 0.447. The van der Waals surface area contributed by atoms with Gasteiger partial charge in [0.2, 0.25) is 11.8 Å². The summed E-state index contributed by atoms with van der Waals surface area (Å²) in [5.74, 6) is -2.57. The molecule has 30 nitrogen and oxygen atoms in total. The lowest BCUT2D eigenvalue weighted by Gasteiger charge is -2.49. The first-order valence-electron chi connectivity index (χ1n) is 36.7. The second-order valence-corrected chi connectivity index (χ2v) is 36.7. The smallest absolute Gasteiger partial charge is 0.347 e. The molecule has 2 fully saturated rings. The molecule has 0 saturated carbocycles. The van der Waals surface area contributed by atoms with Gasteiger partial charge in [0.1, 0.15) is 67.0 Å². The summed E-state index contributed by atoms with van der Waals surface area (Å²) in [6.45, 7) is -8.04. The van der Waals surface area contributed by atoms with Crippen LogP contribution >= 0.6 is 30.4 Å². The predicted octanol–water partition coefficient (Wildman–Crippen LogP) is 8.22. The molecule has 2 heterocycles. The van der Waals surface area contributed by atoms with Crippen molar-refractivity contribution < 1.29 is 129 Å². The lowest BCUT2D eigenvalue weighted by Crippen LogP contribution is -2.70. The van der Waals surface area contributed by atoms with Gasteiger partial charge >= 0.3 is 30.4 Å². The molecule has 0 spiro atoms. The first kappa shape index (κ1) is 89.1. The van der Waals surface area contributed by atoms with Crippen LogP contribution in [0.4, 0.5) is 0 Å². The molecule has 8 aromatic carbocycles. The van der Waals surface area contributed by atoms with Crippen LogP contribution in [0.1, 0.15) is 57.3 Å². The van der Waals surface area contributed by atoms with Crippen molar-refractivity contribution in [3.8, 4) is 0 Å². The second kappa shape index (κ2) is 43.8. The van der Waals surface area contributed by atoms with Gasteiger partial charge in [-0.1, -0.05) is 243 Å². The highest BCUT2D eigenvalue weighted by molar-refractivity contribution is 7.73. The summed E-state index contributed by atoms with van der Waals surface area (Å²) in [5.41, 5.74) is 9.73. The van der Waals surface area contributed by atoms with Gasteiger partial charge in [-0.3, -0.25) is 27.8 Å². The first-order chi connectivity index (χ1) is 55.1. The molecule has 34 heteroatoms. The monoisotopic (exact) mass is 1660 g/mol. The van der Waals surface area contributed by atoms with E-state index in [0.29, 0.717) is 44.5 Å². The molecule has 0 aliphatic carbocycles. The number of amides is 2. The zero-order valence-corrected chi connectivity index (χ0v) is 65.5. The molecule has 0 radical (unpaired) electrons. The van der Waals surface area contributed by atoms with Gasteiger partial charge in [0.25, 0.3) is 0 Å².